The first-order valence-electron chi connectivity index (χ1n) is 15.3. The smallest absolute Gasteiger partial charge is 0.228 e. The van der Waals surface area contributed by atoms with Crippen LogP contribution < -0.4 is 0 Å². The number of phenols is 1. The van der Waals surface area contributed by atoms with Crippen LogP contribution in [0.3, 0.4) is 0 Å². The molecular weight excluding hydrogens is 771 g/mol. The van der Waals surface area contributed by atoms with Crippen molar-refractivity contribution in [3.8, 4) is 28.3 Å². The van der Waals surface area contributed by atoms with Gasteiger partial charge in [-0.15, -0.1) is 18.2 Å². The van der Waals surface area contributed by atoms with E-state index < -0.39 is 5.82 Å². The van der Waals surface area contributed by atoms with Crippen LogP contribution in [0.4, 0.5) is 10.1 Å². The molecule has 0 spiro atoms. The van der Waals surface area contributed by atoms with Gasteiger partial charge in [0.2, 0.25) is 5.89 Å². The minimum absolute atomic E-state index is 0. The zero-order valence-corrected chi connectivity index (χ0v) is 29.3. The van der Waals surface area contributed by atoms with Crippen LogP contribution >= 0.6 is 0 Å². The zero-order chi connectivity index (χ0) is 32.4. The summed E-state index contributed by atoms with van der Waals surface area (Å²) in [5.74, 6) is 0.0519. The number of benzene rings is 5. The maximum atomic E-state index is 15.1. The molecule has 2 aromatic heterocycles. The molecule has 0 saturated carbocycles. The van der Waals surface area contributed by atoms with Crippen LogP contribution in [0, 0.1) is 11.9 Å². The van der Waals surface area contributed by atoms with Crippen LogP contribution in [-0.2, 0) is 31.9 Å². The van der Waals surface area contributed by atoms with Gasteiger partial charge in [-0.25, -0.2) is 9.37 Å². The van der Waals surface area contributed by atoms with Crippen LogP contribution in [0.15, 0.2) is 98.8 Å². The van der Waals surface area contributed by atoms with E-state index in [-0.39, 0.29) is 37.6 Å². The molecule has 0 atom stereocenters. The number of fused-ring (bicyclic) bond motifs is 4. The van der Waals surface area contributed by atoms with E-state index in [0.717, 1.165) is 27.5 Å². The fraction of sp³-hybridized carbons (Fsp3) is 0.200. The molecule has 0 amide bonds. The minimum atomic E-state index is -0.457. The molecule has 47 heavy (non-hydrogen) atoms. The van der Waals surface area contributed by atoms with Gasteiger partial charge in [-0.1, -0.05) is 101 Å². The summed E-state index contributed by atoms with van der Waals surface area (Å²) < 4.78 is 27.5. The Kier molecular flexibility index (Phi) is 8.22. The van der Waals surface area contributed by atoms with E-state index in [0.29, 0.717) is 50.5 Å². The third-order valence-electron chi connectivity index (χ3n) is 8.36. The maximum Gasteiger partial charge on any atom is 0.228 e. The topological polar surface area (TPSA) is 71.8 Å². The number of halogens is 1. The van der Waals surface area contributed by atoms with Gasteiger partial charge in [-0.05, 0) is 40.7 Å². The molecule has 1 N–H and O–H groups in total. The zero-order valence-electron chi connectivity index (χ0n) is 27.0. The van der Waals surface area contributed by atoms with Crippen molar-refractivity contribution in [2.24, 2.45) is 4.99 Å². The summed E-state index contributed by atoms with van der Waals surface area (Å²) in [6.45, 7) is 12.7. The van der Waals surface area contributed by atoms with Crippen LogP contribution in [0.25, 0.3) is 55.6 Å². The Balaban J connectivity index is 0.00000386. The second kappa shape index (κ2) is 11.9. The number of phenolic OH excluding ortho intramolecular Hbond substituents is 1. The summed E-state index contributed by atoms with van der Waals surface area (Å²) in [5, 5.41) is 13.2. The number of aliphatic imine (C=N–C) groups is 1. The van der Waals surface area contributed by atoms with Gasteiger partial charge in [0.15, 0.2) is 0 Å². The van der Waals surface area contributed by atoms with Gasteiger partial charge in [0.25, 0.3) is 0 Å². The first-order chi connectivity index (χ1) is 21.9. The molecule has 7 heteroatoms. The van der Waals surface area contributed by atoms with Crippen LogP contribution in [0.1, 0.15) is 58.2 Å². The SMILES string of the molecule is CC(C)(C)c1cc(C=Nc2ccccc2-c2nc3c(-c4[c-]ccc5c4oc4ccccc45)cc(F)cc3o2)c(O)c(C(C)(C)C)c1.[Pt]. The van der Waals surface area contributed by atoms with Crippen molar-refractivity contribution >= 4 is 44.9 Å². The number of para-hydroxylation sites is 2. The normalized spacial score (nSPS) is 12.4. The van der Waals surface area contributed by atoms with Crippen LogP contribution in [-0.4, -0.2) is 16.3 Å². The third kappa shape index (κ3) is 5.92. The van der Waals surface area contributed by atoms with E-state index >= 15 is 4.39 Å². The molecule has 0 radical (unpaired) electrons. The molecule has 0 aliphatic rings. The Morgan fingerprint density at radius 1 is 0.809 bits per heavy atom. The fourth-order valence-electron chi connectivity index (χ4n) is 5.86. The van der Waals surface area contributed by atoms with Crippen molar-refractivity contribution in [1.29, 1.82) is 0 Å². The van der Waals surface area contributed by atoms with Gasteiger partial charge in [-0.2, -0.15) is 0 Å². The van der Waals surface area contributed by atoms with Crippen molar-refractivity contribution in [2.45, 2.75) is 52.4 Å². The van der Waals surface area contributed by atoms with E-state index in [1.165, 1.54) is 12.1 Å². The summed E-state index contributed by atoms with van der Waals surface area (Å²) in [6.07, 6.45) is 1.68. The minimum Gasteiger partial charge on any atom is -0.507 e. The third-order valence-corrected chi connectivity index (χ3v) is 8.36. The van der Waals surface area contributed by atoms with Crippen molar-refractivity contribution in [2.75, 3.05) is 0 Å². The van der Waals surface area contributed by atoms with Gasteiger partial charge in [0, 0.05) is 49.9 Å². The van der Waals surface area contributed by atoms with E-state index in [2.05, 4.69) is 53.7 Å². The molecule has 0 unspecified atom stereocenters. The Labute approximate surface area is 287 Å². The van der Waals surface area contributed by atoms with E-state index in [4.69, 9.17) is 18.8 Å². The van der Waals surface area contributed by atoms with Gasteiger partial charge < -0.3 is 13.9 Å². The number of aromatic nitrogens is 1. The Morgan fingerprint density at radius 3 is 2.32 bits per heavy atom. The quantitative estimate of drug-likeness (QED) is 0.142. The Hall–Kier alpha value is -4.54. The summed E-state index contributed by atoms with van der Waals surface area (Å²) in [7, 11) is 0. The van der Waals surface area contributed by atoms with E-state index in [1.807, 2.05) is 66.7 Å². The predicted molar refractivity (Wildman–Crippen MR) is 184 cm³/mol. The summed E-state index contributed by atoms with van der Waals surface area (Å²) in [4.78, 5) is 9.68. The largest absolute Gasteiger partial charge is 0.507 e. The molecule has 0 aliphatic carbocycles. The average Bonchev–Trinajstić information content (AvgIpc) is 3.61. The van der Waals surface area contributed by atoms with Gasteiger partial charge in [-0.3, -0.25) is 4.99 Å². The summed E-state index contributed by atoms with van der Waals surface area (Å²) >= 11 is 0. The fourth-order valence-corrected chi connectivity index (χ4v) is 5.86. The summed E-state index contributed by atoms with van der Waals surface area (Å²) in [5.41, 5.74) is 6.71. The van der Waals surface area contributed by atoms with Crippen molar-refractivity contribution < 1.29 is 39.4 Å². The van der Waals surface area contributed by atoms with Crippen molar-refractivity contribution in [3.05, 3.63) is 114 Å². The van der Waals surface area contributed by atoms with E-state index in [9.17, 15) is 5.11 Å². The number of aromatic hydroxyl groups is 1. The van der Waals surface area contributed by atoms with Gasteiger partial charge in [0.1, 0.15) is 22.7 Å². The number of furan rings is 1. The molecule has 2 heterocycles. The molecule has 0 aliphatic heterocycles. The molecule has 7 aromatic rings. The predicted octanol–water partition coefficient (Wildman–Crippen LogP) is 11.0. The Morgan fingerprint density at radius 2 is 1.55 bits per heavy atom. The molecule has 0 saturated heterocycles. The number of nitrogens with zero attached hydrogens (tertiary/aromatic N) is 2. The summed E-state index contributed by atoms with van der Waals surface area (Å²) in [6, 6.07) is 29.1. The van der Waals surface area contributed by atoms with Crippen LogP contribution in [0.2, 0.25) is 0 Å². The number of hydrogen-bond donors (Lipinski definition) is 1. The number of rotatable bonds is 4. The molecule has 7 rings (SSSR count). The molecule has 5 nitrogen and oxygen atoms in total. The molecule has 0 bridgehead atoms. The molecule has 5 aromatic carbocycles. The first-order valence-corrected chi connectivity index (χ1v) is 15.3. The number of oxazole rings is 1. The molecule has 0 fully saturated rings. The monoisotopic (exact) mass is 804 g/mol. The van der Waals surface area contributed by atoms with Crippen LogP contribution in [0.5, 0.6) is 5.75 Å². The van der Waals surface area contributed by atoms with Crippen molar-refractivity contribution in [3.63, 3.8) is 0 Å². The van der Waals surface area contributed by atoms with Gasteiger partial charge >= 0.3 is 0 Å². The van der Waals surface area contributed by atoms with E-state index in [1.54, 1.807) is 6.21 Å². The second-order valence-corrected chi connectivity index (χ2v) is 13.7. The Bertz CT molecular complexity index is 2320. The average molecular weight is 805 g/mol. The standard InChI is InChI=1S/C40H34FN2O3.Pt/c1-39(2,3)24-18-23(36(44)31(19-24)40(4,5)6)22-42-32-16-9-7-13-29(32)38-43-35-30(20-25(41)21-34(35)46-38)28-15-11-14-27-26-12-8-10-17-33(26)45-37(27)28;/h7-14,16-22,44H,1-6H3;/q-1;. The van der Waals surface area contributed by atoms with Gasteiger partial charge in [0.05, 0.1) is 22.4 Å². The first kappa shape index (κ1) is 32.4. The second-order valence-electron chi connectivity index (χ2n) is 13.7. The molecule has 240 valence electrons. The maximum absolute atomic E-state index is 15.1. The number of hydrogen-bond acceptors (Lipinski definition) is 5. The molecular formula is C40H34FN2O3Pt-. The van der Waals surface area contributed by atoms with Crippen molar-refractivity contribution in [1.82, 2.24) is 4.98 Å².